The van der Waals surface area contributed by atoms with Crippen LogP contribution in [0.1, 0.15) is 13.8 Å². The van der Waals surface area contributed by atoms with Crippen molar-refractivity contribution in [3.8, 4) is 0 Å². The topological polar surface area (TPSA) is 58.2 Å². The molecular formula is C12H14F6N2NiO2. The molecule has 0 unspecified atom stereocenters. The standard InChI is InChI=1S/C12H14F6N2O2.Ni/c1-7(5-9(21)11(13,14)15)19-3-4-20-8(2)6-10(22)12(16,17)18;/h5-6,19-20H,3-4H2,1-2H3;/b7-5-,8-6-;. The quantitative estimate of drug-likeness (QED) is 0.303. The molecule has 4 nitrogen and oxygen atoms in total. The van der Waals surface area contributed by atoms with Gasteiger partial charge in [-0.05, 0) is 13.8 Å². The van der Waals surface area contributed by atoms with E-state index >= 15 is 0 Å². The van der Waals surface area contributed by atoms with E-state index in [0.717, 1.165) is 0 Å². The van der Waals surface area contributed by atoms with E-state index in [9.17, 15) is 35.9 Å². The van der Waals surface area contributed by atoms with E-state index in [0.29, 0.717) is 12.2 Å². The van der Waals surface area contributed by atoms with E-state index in [1.54, 1.807) is 0 Å². The molecule has 0 saturated heterocycles. The Morgan fingerprint density at radius 2 is 1.04 bits per heavy atom. The van der Waals surface area contributed by atoms with Gasteiger partial charge in [-0.25, -0.2) is 0 Å². The molecule has 0 heterocycles. The van der Waals surface area contributed by atoms with Gasteiger partial charge < -0.3 is 10.6 Å². The molecule has 136 valence electrons. The molecule has 0 fully saturated rings. The number of nitrogens with one attached hydrogen (secondary N) is 2. The van der Waals surface area contributed by atoms with E-state index in [4.69, 9.17) is 0 Å². The van der Waals surface area contributed by atoms with Crippen molar-refractivity contribution < 1.29 is 52.4 Å². The third-order valence-electron chi connectivity index (χ3n) is 2.19. The van der Waals surface area contributed by atoms with Gasteiger partial charge in [0.15, 0.2) is 0 Å². The first kappa shape index (κ1) is 23.8. The molecule has 0 aliphatic carbocycles. The Balaban J connectivity index is 0. The van der Waals surface area contributed by atoms with Gasteiger partial charge in [0.2, 0.25) is 0 Å². The van der Waals surface area contributed by atoms with Crippen molar-refractivity contribution in [2.75, 3.05) is 13.1 Å². The number of allylic oxidation sites excluding steroid dienone is 4. The third kappa shape index (κ3) is 10.8. The summed E-state index contributed by atoms with van der Waals surface area (Å²) in [5, 5.41) is 4.94. The van der Waals surface area contributed by atoms with Crippen LogP contribution in [-0.2, 0) is 26.1 Å². The number of carbonyl (C=O) groups excluding carboxylic acids is 2. The van der Waals surface area contributed by atoms with E-state index in [1.165, 1.54) is 13.8 Å². The van der Waals surface area contributed by atoms with Crippen molar-refractivity contribution in [1.29, 1.82) is 0 Å². The molecule has 11 heteroatoms. The Bertz CT molecular complexity index is 439. The molecule has 0 aliphatic heterocycles. The monoisotopic (exact) mass is 390 g/mol. The van der Waals surface area contributed by atoms with Gasteiger partial charge in [0.05, 0.1) is 0 Å². The molecule has 0 aromatic carbocycles. The van der Waals surface area contributed by atoms with Crippen LogP contribution in [0, 0.1) is 0 Å². The Hall–Kier alpha value is -1.51. The van der Waals surface area contributed by atoms with Crippen molar-refractivity contribution in [3.05, 3.63) is 23.5 Å². The summed E-state index contributed by atoms with van der Waals surface area (Å²) in [6.45, 7) is 2.55. The minimum absolute atomic E-state index is 0. The Morgan fingerprint density at radius 3 is 1.26 bits per heavy atom. The summed E-state index contributed by atoms with van der Waals surface area (Å²) in [7, 11) is 0. The number of hydrogen-bond acceptors (Lipinski definition) is 4. The van der Waals surface area contributed by atoms with Gasteiger partial charge in [-0.15, -0.1) is 0 Å². The number of ketones is 2. The van der Waals surface area contributed by atoms with E-state index in [-0.39, 0.29) is 41.0 Å². The fourth-order valence-electron chi connectivity index (χ4n) is 1.18. The number of rotatable bonds is 7. The minimum atomic E-state index is -4.96. The average molecular weight is 391 g/mol. The maximum Gasteiger partial charge on any atom is 0.454 e. The molecule has 0 aromatic heterocycles. The SMILES string of the molecule is C/C(=C/C(=O)C(F)(F)F)NCCN/C(C)=C\C(=O)C(F)(F)F.[Ni]. The Kier molecular flexibility index (Phi) is 9.91. The molecule has 0 aliphatic rings. The molecule has 0 rings (SSSR count). The molecule has 0 saturated carbocycles. The zero-order chi connectivity index (χ0) is 17.6. The summed E-state index contributed by atoms with van der Waals surface area (Å²) < 4.78 is 71.7. The molecule has 23 heavy (non-hydrogen) atoms. The third-order valence-corrected chi connectivity index (χ3v) is 2.19. The van der Waals surface area contributed by atoms with E-state index in [2.05, 4.69) is 10.6 Å². The van der Waals surface area contributed by atoms with Crippen LogP contribution in [0.15, 0.2) is 23.5 Å². The van der Waals surface area contributed by atoms with Crippen LogP contribution in [0.4, 0.5) is 26.3 Å². The Morgan fingerprint density at radius 1 is 0.783 bits per heavy atom. The fourth-order valence-corrected chi connectivity index (χ4v) is 1.18. The molecule has 0 radical (unpaired) electrons. The molecule has 0 bridgehead atoms. The van der Waals surface area contributed by atoms with Gasteiger partial charge in [-0.1, -0.05) is 0 Å². The zero-order valence-corrected chi connectivity index (χ0v) is 13.0. The van der Waals surface area contributed by atoms with Gasteiger partial charge in [0, 0.05) is 53.1 Å². The van der Waals surface area contributed by atoms with Crippen LogP contribution >= 0.6 is 0 Å². The summed E-state index contributed by atoms with van der Waals surface area (Å²) in [6, 6.07) is 0. The predicted octanol–water partition coefficient (Wildman–Crippen LogP) is 2.23. The number of hydrogen-bond donors (Lipinski definition) is 2. The number of carbonyl (C=O) groups is 2. The van der Waals surface area contributed by atoms with Crippen LogP contribution in [0.3, 0.4) is 0 Å². The van der Waals surface area contributed by atoms with E-state index in [1.807, 2.05) is 0 Å². The smallest absolute Gasteiger partial charge is 0.387 e. The second kappa shape index (κ2) is 9.59. The van der Waals surface area contributed by atoms with Crippen LogP contribution in [0.25, 0.3) is 0 Å². The Labute approximate surface area is 138 Å². The van der Waals surface area contributed by atoms with Crippen LogP contribution < -0.4 is 10.6 Å². The van der Waals surface area contributed by atoms with E-state index < -0.39 is 23.9 Å². The summed E-state index contributed by atoms with van der Waals surface area (Å²) in [4.78, 5) is 21.2. The first-order valence-electron chi connectivity index (χ1n) is 5.90. The minimum Gasteiger partial charge on any atom is -0.387 e. The van der Waals surface area contributed by atoms with Crippen LogP contribution in [0.2, 0.25) is 0 Å². The normalized spacial score (nSPS) is 13.2. The van der Waals surface area contributed by atoms with Gasteiger partial charge in [-0.3, -0.25) is 9.59 Å². The van der Waals surface area contributed by atoms with Crippen molar-refractivity contribution in [3.63, 3.8) is 0 Å². The molecule has 0 aromatic rings. The summed E-state index contributed by atoms with van der Waals surface area (Å²) in [5.74, 6) is -4.03. The summed E-state index contributed by atoms with van der Waals surface area (Å²) in [6.07, 6.45) is -9.18. The fraction of sp³-hybridized carbons (Fsp3) is 0.500. The van der Waals surface area contributed by atoms with Crippen LogP contribution in [-0.4, -0.2) is 37.0 Å². The molecular weight excluding hydrogens is 377 g/mol. The first-order valence-corrected chi connectivity index (χ1v) is 5.90. The largest absolute Gasteiger partial charge is 0.454 e. The van der Waals surface area contributed by atoms with Crippen molar-refractivity contribution in [2.24, 2.45) is 0 Å². The second-order valence-electron chi connectivity index (χ2n) is 4.23. The van der Waals surface area contributed by atoms with Crippen molar-refractivity contribution >= 4 is 11.6 Å². The first-order chi connectivity index (χ1) is 9.84. The zero-order valence-electron chi connectivity index (χ0n) is 12.0. The van der Waals surface area contributed by atoms with Crippen molar-refractivity contribution in [2.45, 2.75) is 26.2 Å². The van der Waals surface area contributed by atoms with Gasteiger partial charge in [0.25, 0.3) is 11.6 Å². The van der Waals surface area contributed by atoms with Crippen molar-refractivity contribution in [1.82, 2.24) is 10.6 Å². The second-order valence-corrected chi connectivity index (χ2v) is 4.23. The van der Waals surface area contributed by atoms with Gasteiger partial charge in [0.1, 0.15) is 0 Å². The number of halogens is 6. The van der Waals surface area contributed by atoms with Crippen LogP contribution in [0.5, 0.6) is 0 Å². The van der Waals surface area contributed by atoms with Gasteiger partial charge >= 0.3 is 12.4 Å². The predicted molar refractivity (Wildman–Crippen MR) is 65.6 cm³/mol. The van der Waals surface area contributed by atoms with Gasteiger partial charge in [-0.2, -0.15) is 26.3 Å². The molecule has 0 spiro atoms. The average Bonchev–Trinajstić information content (AvgIpc) is 2.32. The number of alkyl halides is 6. The maximum absolute atomic E-state index is 12.0. The molecule has 2 N–H and O–H groups in total. The maximum atomic E-state index is 12.0. The molecule has 0 amide bonds. The summed E-state index contributed by atoms with van der Waals surface area (Å²) in [5.41, 5.74) is -0.0887. The summed E-state index contributed by atoms with van der Waals surface area (Å²) >= 11 is 0. The molecule has 0 atom stereocenters.